The summed E-state index contributed by atoms with van der Waals surface area (Å²) in [5.74, 6) is 0.137. The molecule has 98 valence electrons. The van der Waals surface area contributed by atoms with Crippen LogP contribution in [0.25, 0.3) is 0 Å². The summed E-state index contributed by atoms with van der Waals surface area (Å²) in [5.41, 5.74) is 0. The van der Waals surface area contributed by atoms with E-state index in [0.29, 0.717) is 19.5 Å². The maximum absolute atomic E-state index is 11.8. The SMILES string of the molecule is O=C(NC[C@@H]1CCCC[C@@H]1O)[C@H]1C[C@H](O)CN1. The van der Waals surface area contributed by atoms with Crippen molar-refractivity contribution in [3.8, 4) is 0 Å². The number of aliphatic hydroxyl groups excluding tert-OH is 2. The van der Waals surface area contributed by atoms with Crippen LogP contribution >= 0.6 is 0 Å². The summed E-state index contributed by atoms with van der Waals surface area (Å²) in [5, 5.41) is 25.0. The van der Waals surface area contributed by atoms with Crippen LogP contribution in [0.5, 0.6) is 0 Å². The highest BCUT2D eigenvalue weighted by Gasteiger charge is 2.29. The zero-order valence-corrected chi connectivity index (χ0v) is 10.1. The molecule has 4 N–H and O–H groups in total. The van der Waals surface area contributed by atoms with Crippen LogP contribution in [0.4, 0.5) is 0 Å². The van der Waals surface area contributed by atoms with E-state index < -0.39 is 6.10 Å². The molecule has 0 aromatic heterocycles. The maximum atomic E-state index is 11.8. The Morgan fingerprint density at radius 1 is 1.29 bits per heavy atom. The summed E-state index contributed by atoms with van der Waals surface area (Å²) in [6, 6.07) is -0.272. The van der Waals surface area contributed by atoms with E-state index in [1.807, 2.05) is 0 Å². The summed E-state index contributed by atoms with van der Waals surface area (Å²) in [7, 11) is 0. The maximum Gasteiger partial charge on any atom is 0.237 e. The highest BCUT2D eigenvalue weighted by atomic mass is 16.3. The van der Waals surface area contributed by atoms with Gasteiger partial charge in [-0.25, -0.2) is 0 Å². The lowest BCUT2D eigenvalue weighted by atomic mass is 9.86. The second-order valence-corrected chi connectivity index (χ2v) is 5.21. The zero-order chi connectivity index (χ0) is 12.3. The number of hydrogen-bond donors (Lipinski definition) is 4. The van der Waals surface area contributed by atoms with Crippen molar-refractivity contribution < 1.29 is 15.0 Å². The Morgan fingerprint density at radius 3 is 2.71 bits per heavy atom. The second kappa shape index (κ2) is 5.80. The van der Waals surface area contributed by atoms with Crippen LogP contribution in [0.15, 0.2) is 0 Å². The van der Waals surface area contributed by atoms with E-state index >= 15 is 0 Å². The van der Waals surface area contributed by atoms with E-state index in [2.05, 4.69) is 10.6 Å². The Balaban J connectivity index is 1.72. The van der Waals surface area contributed by atoms with Gasteiger partial charge in [0.15, 0.2) is 0 Å². The van der Waals surface area contributed by atoms with Gasteiger partial charge in [0.25, 0.3) is 0 Å². The third-order valence-electron chi connectivity index (χ3n) is 3.83. The molecule has 0 radical (unpaired) electrons. The Kier molecular flexibility index (Phi) is 4.36. The van der Waals surface area contributed by atoms with Crippen molar-refractivity contribution in [2.75, 3.05) is 13.1 Å². The molecule has 17 heavy (non-hydrogen) atoms. The second-order valence-electron chi connectivity index (χ2n) is 5.21. The van der Waals surface area contributed by atoms with E-state index in [1.54, 1.807) is 0 Å². The molecule has 2 fully saturated rings. The molecular weight excluding hydrogens is 220 g/mol. The van der Waals surface area contributed by atoms with Crippen molar-refractivity contribution in [2.45, 2.75) is 50.4 Å². The number of aliphatic hydroxyl groups is 2. The van der Waals surface area contributed by atoms with E-state index in [9.17, 15) is 15.0 Å². The fourth-order valence-corrected chi connectivity index (χ4v) is 2.70. The smallest absolute Gasteiger partial charge is 0.237 e. The molecule has 2 rings (SSSR count). The molecule has 0 unspecified atom stereocenters. The van der Waals surface area contributed by atoms with Crippen molar-refractivity contribution in [3.05, 3.63) is 0 Å². The largest absolute Gasteiger partial charge is 0.393 e. The monoisotopic (exact) mass is 242 g/mol. The normalized spacial score (nSPS) is 38.0. The molecule has 1 aliphatic heterocycles. The van der Waals surface area contributed by atoms with Gasteiger partial charge in [-0.05, 0) is 19.3 Å². The minimum Gasteiger partial charge on any atom is -0.393 e. The first-order valence-electron chi connectivity index (χ1n) is 6.54. The highest BCUT2D eigenvalue weighted by Crippen LogP contribution is 2.23. The van der Waals surface area contributed by atoms with Gasteiger partial charge in [-0.1, -0.05) is 12.8 Å². The van der Waals surface area contributed by atoms with Gasteiger partial charge in [0, 0.05) is 19.0 Å². The van der Waals surface area contributed by atoms with Crippen molar-refractivity contribution in [1.82, 2.24) is 10.6 Å². The van der Waals surface area contributed by atoms with Gasteiger partial charge in [0.1, 0.15) is 0 Å². The molecule has 5 nitrogen and oxygen atoms in total. The Hall–Kier alpha value is -0.650. The predicted molar refractivity (Wildman–Crippen MR) is 63.4 cm³/mol. The van der Waals surface area contributed by atoms with Crippen LogP contribution in [0, 0.1) is 5.92 Å². The number of amides is 1. The molecule has 0 spiro atoms. The quantitative estimate of drug-likeness (QED) is 0.531. The number of carbonyl (C=O) groups excluding carboxylic acids is 1. The van der Waals surface area contributed by atoms with Crippen molar-refractivity contribution in [3.63, 3.8) is 0 Å². The molecule has 0 aromatic rings. The van der Waals surface area contributed by atoms with E-state index in [1.165, 1.54) is 0 Å². The Morgan fingerprint density at radius 2 is 2.06 bits per heavy atom. The van der Waals surface area contributed by atoms with Crippen LogP contribution in [0.3, 0.4) is 0 Å². The van der Waals surface area contributed by atoms with Crippen LogP contribution < -0.4 is 10.6 Å². The van der Waals surface area contributed by atoms with Gasteiger partial charge in [-0.15, -0.1) is 0 Å². The summed E-state index contributed by atoms with van der Waals surface area (Å²) < 4.78 is 0. The van der Waals surface area contributed by atoms with Gasteiger partial charge in [-0.2, -0.15) is 0 Å². The van der Waals surface area contributed by atoms with E-state index in [4.69, 9.17) is 0 Å². The van der Waals surface area contributed by atoms with Crippen LogP contribution in [0.2, 0.25) is 0 Å². The van der Waals surface area contributed by atoms with Crippen LogP contribution in [0.1, 0.15) is 32.1 Å². The molecule has 4 atom stereocenters. The van der Waals surface area contributed by atoms with Gasteiger partial charge in [0.2, 0.25) is 5.91 Å². The first kappa shape index (κ1) is 12.8. The lowest BCUT2D eigenvalue weighted by Gasteiger charge is -2.28. The fraction of sp³-hybridized carbons (Fsp3) is 0.917. The van der Waals surface area contributed by atoms with Crippen LogP contribution in [-0.2, 0) is 4.79 Å². The lowest BCUT2D eigenvalue weighted by molar-refractivity contribution is -0.123. The number of hydrogen-bond acceptors (Lipinski definition) is 4. The predicted octanol–water partition coefficient (Wildman–Crippen LogP) is -0.623. The van der Waals surface area contributed by atoms with Gasteiger partial charge in [0.05, 0.1) is 18.2 Å². The minimum absolute atomic E-state index is 0.0562. The molecule has 2 aliphatic rings. The highest BCUT2D eigenvalue weighted by molar-refractivity contribution is 5.82. The molecule has 1 heterocycles. The van der Waals surface area contributed by atoms with E-state index in [0.717, 1.165) is 25.7 Å². The number of rotatable bonds is 3. The first-order valence-corrected chi connectivity index (χ1v) is 6.54. The zero-order valence-electron chi connectivity index (χ0n) is 10.1. The number of carbonyl (C=O) groups is 1. The van der Waals surface area contributed by atoms with Crippen molar-refractivity contribution in [2.24, 2.45) is 5.92 Å². The molecular formula is C12H22N2O3. The average molecular weight is 242 g/mol. The van der Waals surface area contributed by atoms with Crippen molar-refractivity contribution in [1.29, 1.82) is 0 Å². The Labute approximate surface area is 102 Å². The number of β-amino-alcohol motifs (C(OH)–C–C–N with tert-alkyl or cyclic N) is 1. The van der Waals surface area contributed by atoms with Crippen LogP contribution in [-0.4, -0.2) is 47.5 Å². The van der Waals surface area contributed by atoms with Gasteiger partial charge >= 0.3 is 0 Å². The first-order chi connectivity index (χ1) is 8.16. The lowest BCUT2D eigenvalue weighted by Crippen LogP contribution is -2.44. The molecule has 5 heteroatoms. The minimum atomic E-state index is -0.411. The van der Waals surface area contributed by atoms with Gasteiger partial charge in [-0.3, -0.25) is 4.79 Å². The molecule has 0 bridgehead atoms. The third kappa shape index (κ3) is 3.40. The topological polar surface area (TPSA) is 81.6 Å². The summed E-state index contributed by atoms with van der Waals surface area (Å²) in [6.07, 6.45) is 3.86. The summed E-state index contributed by atoms with van der Waals surface area (Å²) in [4.78, 5) is 11.8. The van der Waals surface area contributed by atoms with Crippen molar-refractivity contribution >= 4 is 5.91 Å². The molecule has 0 aromatic carbocycles. The molecule has 1 amide bonds. The molecule has 1 saturated heterocycles. The average Bonchev–Trinajstić information content (AvgIpc) is 2.74. The molecule has 1 saturated carbocycles. The summed E-state index contributed by atoms with van der Waals surface area (Å²) >= 11 is 0. The Bertz CT molecular complexity index is 272. The van der Waals surface area contributed by atoms with E-state index in [-0.39, 0.29) is 24.0 Å². The summed E-state index contributed by atoms with van der Waals surface area (Å²) in [6.45, 7) is 1.04. The fourth-order valence-electron chi connectivity index (χ4n) is 2.70. The number of nitrogens with one attached hydrogen (secondary N) is 2. The standard InChI is InChI=1S/C12H22N2O3/c15-9-5-10(13-7-9)12(17)14-6-8-3-1-2-4-11(8)16/h8-11,13,15-16H,1-7H2,(H,14,17)/t8-,9-,10+,11-/m0/s1. The molecule has 1 aliphatic carbocycles. The van der Waals surface area contributed by atoms with Gasteiger partial charge < -0.3 is 20.8 Å². The third-order valence-corrected chi connectivity index (χ3v) is 3.83.